The number of methoxy groups -OCH3 is 1. The molecule has 1 atom stereocenters. The number of hydrogen-bond acceptors (Lipinski definition) is 8. The van der Waals surface area contributed by atoms with Gasteiger partial charge in [-0.15, -0.1) is 0 Å². The lowest BCUT2D eigenvalue weighted by molar-refractivity contribution is -0.119. The van der Waals surface area contributed by atoms with Gasteiger partial charge in [0.1, 0.15) is 0 Å². The SMILES string of the molecule is COc1nc(-c2ccnc(-c3cccc(NC(=O)c4nc5c(n4C)CCNC5)c3Cl)c2Cl)ccc1CNC[C@H]1CCC(=O)N1. The number of benzene rings is 1. The van der Waals surface area contributed by atoms with E-state index in [1.165, 1.54) is 0 Å². The molecule has 1 aromatic carbocycles. The number of nitrogens with zero attached hydrogens (tertiary/aromatic N) is 4. The van der Waals surface area contributed by atoms with Crippen LogP contribution in [0.15, 0.2) is 42.6 Å². The Morgan fingerprint density at radius 1 is 1.11 bits per heavy atom. The van der Waals surface area contributed by atoms with Crippen LogP contribution in [0.1, 0.15) is 40.4 Å². The van der Waals surface area contributed by atoms with E-state index < -0.39 is 0 Å². The molecule has 44 heavy (non-hydrogen) atoms. The van der Waals surface area contributed by atoms with Gasteiger partial charge in [0.15, 0.2) is 5.82 Å². The molecule has 2 amide bonds. The van der Waals surface area contributed by atoms with E-state index in [1.807, 2.05) is 23.7 Å². The average molecular weight is 636 g/mol. The highest BCUT2D eigenvalue weighted by molar-refractivity contribution is 6.39. The van der Waals surface area contributed by atoms with Crippen molar-refractivity contribution in [3.8, 4) is 28.4 Å². The number of carbonyl (C=O) groups is 2. The third-order valence-electron chi connectivity index (χ3n) is 7.92. The average Bonchev–Trinajstić information content (AvgIpc) is 3.61. The lowest BCUT2D eigenvalue weighted by Crippen LogP contribution is -2.35. The monoisotopic (exact) mass is 634 g/mol. The van der Waals surface area contributed by atoms with E-state index in [4.69, 9.17) is 32.9 Å². The van der Waals surface area contributed by atoms with Gasteiger partial charge in [-0.25, -0.2) is 9.97 Å². The molecule has 0 spiro atoms. The molecule has 13 heteroatoms. The van der Waals surface area contributed by atoms with Gasteiger partial charge >= 0.3 is 0 Å². The van der Waals surface area contributed by atoms with Crippen LogP contribution < -0.4 is 26.0 Å². The summed E-state index contributed by atoms with van der Waals surface area (Å²) in [7, 11) is 3.42. The van der Waals surface area contributed by atoms with Gasteiger partial charge in [0.2, 0.25) is 11.8 Å². The van der Waals surface area contributed by atoms with Crippen LogP contribution in [0.5, 0.6) is 5.88 Å². The summed E-state index contributed by atoms with van der Waals surface area (Å²) >= 11 is 13.8. The Morgan fingerprint density at radius 2 is 1.98 bits per heavy atom. The Balaban J connectivity index is 1.22. The summed E-state index contributed by atoms with van der Waals surface area (Å²) in [5.74, 6) is 0.525. The second kappa shape index (κ2) is 12.9. The second-order valence-corrected chi connectivity index (χ2v) is 11.5. The first kappa shape index (κ1) is 30.0. The molecule has 3 aromatic heterocycles. The first-order valence-corrected chi connectivity index (χ1v) is 15.1. The van der Waals surface area contributed by atoms with Crippen molar-refractivity contribution in [3.63, 3.8) is 0 Å². The third-order valence-corrected chi connectivity index (χ3v) is 8.71. The van der Waals surface area contributed by atoms with Gasteiger partial charge in [-0.1, -0.05) is 41.4 Å². The minimum absolute atomic E-state index is 0.0900. The summed E-state index contributed by atoms with van der Waals surface area (Å²) in [6.45, 7) is 2.68. The van der Waals surface area contributed by atoms with Crippen LogP contribution in [0.4, 0.5) is 5.69 Å². The molecule has 1 fully saturated rings. The molecule has 0 unspecified atom stereocenters. The number of halogens is 2. The molecule has 0 bridgehead atoms. The van der Waals surface area contributed by atoms with Crippen molar-refractivity contribution in [3.05, 3.63) is 75.4 Å². The minimum atomic E-state index is -0.354. The quantitative estimate of drug-likeness (QED) is 0.216. The Labute approximate surface area is 264 Å². The largest absolute Gasteiger partial charge is 0.481 e. The standard InChI is InChI=1S/C31H32Cl2N8O3/c1-41-24-11-12-34-16-23(24)38-29(41)30(43)39-22-5-3-4-20(26(22)32)28-27(33)19(10-13-36-28)21-8-6-17(31(40-21)44-2)14-35-15-18-7-9-25(42)37-18/h3-6,8,10,13,18,34-35H,7,9,11-12,14-16H2,1-2H3,(H,37,42)(H,39,43)/t18-/m1/s1. The van der Waals surface area contributed by atoms with Crippen molar-refractivity contribution in [2.24, 2.45) is 7.05 Å². The number of pyridine rings is 2. The van der Waals surface area contributed by atoms with Gasteiger partial charge in [-0.3, -0.25) is 14.6 Å². The van der Waals surface area contributed by atoms with E-state index in [9.17, 15) is 9.59 Å². The van der Waals surface area contributed by atoms with E-state index in [0.29, 0.717) is 76.0 Å². The number of nitrogens with one attached hydrogen (secondary N) is 4. The van der Waals surface area contributed by atoms with Crippen LogP contribution in [0.3, 0.4) is 0 Å². The predicted molar refractivity (Wildman–Crippen MR) is 169 cm³/mol. The first-order chi connectivity index (χ1) is 21.3. The molecule has 6 rings (SSSR count). The maximum Gasteiger partial charge on any atom is 0.291 e. The third kappa shape index (κ3) is 6.00. The number of carbonyl (C=O) groups excluding carboxylic acids is 2. The highest BCUT2D eigenvalue weighted by atomic mass is 35.5. The van der Waals surface area contributed by atoms with Gasteiger partial charge in [-0.05, 0) is 24.6 Å². The summed E-state index contributed by atoms with van der Waals surface area (Å²) in [4.78, 5) is 38.5. The van der Waals surface area contributed by atoms with E-state index >= 15 is 0 Å². The van der Waals surface area contributed by atoms with Crippen LogP contribution in [0.25, 0.3) is 22.5 Å². The molecule has 4 N–H and O–H groups in total. The number of anilines is 1. The van der Waals surface area contributed by atoms with Crippen molar-refractivity contribution >= 4 is 40.7 Å². The molecule has 228 valence electrons. The summed E-state index contributed by atoms with van der Waals surface area (Å²) in [6, 6.07) is 11.0. The molecular weight excluding hydrogens is 603 g/mol. The van der Waals surface area contributed by atoms with Gasteiger partial charge < -0.3 is 30.6 Å². The summed E-state index contributed by atoms with van der Waals surface area (Å²) < 4.78 is 7.43. The fourth-order valence-corrected chi connectivity index (χ4v) is 6.19. The van der Waals surface area contributed by atoms with Gasteiger partial charge in [0, 0.05) is 80.7 Å². The lowest BCUT2D eigenvalue weighted by Gasteiger charge is -2.15. The van der Waals surface area contributed by atoms with Crippen molar-refractivity contribution in [2.45, 2.75) is 38.4 Å². The molecular formula is C31H32Cl2N8O3. The first-order valence-electron chi connectivity index (χ1n) is 14.4. The number of imidazole rings is 1. The lowest BCUT2D eigenvalue weighted by atomic mass is 10.1. The smallest absolute Gasteiger partial charge is 0.291 e. The maximum atomic E-state index is 13.2. The fourth-order valence-electron chi connectivity index (χ4n) is 5.62. The molecule has 4 aromatic rings. The van der Waals surface area contributed by atoms with Crippen molar-refractivity contribution in [1.29, 1.82) is 0 Å². The zero-order valence-corrected chi connectivity index (χ0v) is 25.8. The molecule has 11 nitrogen and oxygen atoms in total. The van der Waals surface area contributed by atoms with E-state index in [-0.39, 0.29) is 17.9 Å². The van der Waals surface area contributed by atoms with E-state index in [0.717, 1.165) is 36.3 Å². The van der Waals surface area contributed by atoms with Crippen molar-refractivity contribution < 1.29 is 14.3 Å². The maximum absolute atomic E-state index is 13.2. The Kier molecular flexibility index (Phi) is 8.81. The molecule has 0 saturated carbocycles. The van der Waals surface area contributed by atoms with Crippen LogP contribution in [-0.2, 0) is 31.4 Å². The van der Waals surface area contributed by atoms with Gasteiger partial charge in [-0.2, -0.15) is 0 Å². The second-order valence-electron chi connectivity index (χ2n) is 10.8. The summed E-state index contributed by atoms with van der Waals surface area (Å²) in [5.41, 5.74) is 5.50. The van der Waals surface area contributed by atoms with Crippen LogP contribution >= 0.6 is 23.2 Å². The van der Waals surface area contributed by atoms with Gasteiger partial charge in [0.25, 0.3) is 5.91 Å². The topological polar surface area (TPSA) is 135 Å². The minimum Gasteiger partial charge on any atom is -0.481 e. The van der Waals surface area contributed by atoms with Crippen LogP contribution in [-0.4, -0.2) is 57.6 Å². The summed E-state index contributed by atoms with van der Waals surface area (Å²) in [6.07, 6.45) is 3.84. The molecule has 0 radical (unpaired) electrons. The molecule has 5 heterocycles. The van der Waals surface area contributed by atoms with Crippen molar-refractivity contribution in [2.75, 3.05) is 25.5 Å². The molecule has 0 aliphatic carbocycles. The Bertz CT molecular complexity index is 1740. The fraction of sp³-hybridized carbons (Fsp3) is 0.323. The predicted octanol–water partition coefficient (Wildman–Crippen LogP) is 4.13. The number of aromatic nitrogens is 4. The molecule has 2 aliphatic heterocycles. The van der Waals surface area contributed by atoms with E-state index in [2.05, 4.69) is 31.2 Å². The number of fused-ring (bicyclic) bond motifs is 1. The molecule has 2 aliphatic rings. The van der Waals surface area contributed by atoms with Gasteiger partial charge in [0.05, 0.1) is 39.9 Å². The van der Waals surface area contributed by atoms with Crippen LogP contribution in [0.2, 0.25) is 10.0 Å². The van der Waals surface area contributed by atoms with E-state index in [1.54, 1.807) is 37.6 Å². The van der Waals surface area contributed by atoms with Crippen LogP contribution in [0, 0.1) is 0 Å². The Hall–Kier alpha value is -4.03. The highest BCUT2D eigenvalue weighted by Gasteiger charge is 2.24. The normalized spacial score (nSPS) is 16.0. The summed E-state index contributed by atoms with van der Waals surface area (Å²) in [5, 5.41) is 13.2. The number of rotatable bonds is 9. The van der Waals surface area contributed by atoms with Crippen molar-refractivity contribution in [1.82, 2.24) is 35.5 Å². The highest BCUT2D eigenvalue weighted by Crippen LogP contribution is 2.40. The molecule has 1 saturated heterocycles. The zero-order valence-electron chi connectivity index (χ0n) is 24.3. The number of hydrogen-bond donors (Lipinski definition) is 4. The number of ether oxygens (including phenoxy) is 1. The Morgan fingerprint density at radius 3 is 2.75 bits per heavy atom. The number of amides is 2. The zero-order chi connectivity index (χ0) is 30.8.